The summed E-state index contributed by atoms with van der Waals surface area (Å²) >= 11 is 6.01. The van der Waals surface area contributed by atoms with Crippen molar-refractivity contribution in [2.45, 2.75) is 19.3 Å². The minimum absolute atomic E-state index is 0.0246. The van der Waals surface area contributed by atoms with Crippen molar-refractivity contribution < 1.29 is 14.3 Å². The predicted molar refractivity (Wildman–Crippen MR) is 133 cm³/mol. The molecule has 5 nitrogen and oxygen atoms in total. The zero-order chi connectivity index (χ0) is 23.8. The van der Waals surface area contributed by atoms with Crippen LogP contribution < -0.4 is 11.1 Å². The van der Waals surface area contributed by atoms with Gasteiger partial charge in [-0.1, -0.05) is 29.8 Å². The summed E-state index contributed by atoms with van der Waals surface area (Å²) in [6, 6.07) is 16.2. The Morgan fingerprint density at radius 3 is 2.71 bits per heavy atom. The number of fused-ring (bicyclic) bond motifs is 1. The summed E-state index contributed by atoms with van der Waals surface area (Å²) in [6.07, 6.45) is 4.14. The largest absolute Gasteiger partial charge is 0.504 e. The van der Waals surface area contributed by atoms with Crippen LogP contribution >= 0.6 is 11.6 Å². The molecule has 0 spiro atoms. The van der Waals surface area contributed by atoms with Crippen LogP contribution in [0.15, 0.2) is 60.8 Å². The second-order valence-electron chi connectivity index (χ2n) is 8.57. The smallest absolute Gasteiger partial charge is 0.170 e. The molecule has 0 radical (unpaired) electrons. The van der Waals surface area contributed by atoms with Crippen LogP contribution in [0.5, 0.6) is 5.75 Å². The molecule has 1 saturated carbocycles. The molecule has 1 aliphatic rings. The van der Waals surface area contributed by atoms with Crippen LogP contribution in [0, 0.1) is 11.7 Å². The number of hydrogen-bond donors (Lipinski definition) is 3. The normalized spacial score (nSPS) is 13.3. The van der Waals surface area contributed by atoms with Crippen LogP contribution in [0.3, 0.4) is 0 Å². The van der Waals surface area contributed by atoms with Gasteiger partial charge in [0.15, 0.2) is 17.3 Å². The first-order valence-corrected chi connectivity index (χ1v) is 11.5. The SMILES string of the molecule is NCCc1cccc(Nc2c(C(=O)C3CC3)cnc3ccc(-c4cc(F)c(O)c(Cl)c4)cc23)c1. The Kier molecular flexibility index (Phi) is 5.94. The molecule has 1 fully saturated rings. The summed E-state index contributed by atoms with van der Waals surface area (Å²) in [6.45, 7) is 0.544. The van der Waals surface area contributed by atoms with Crippen LogP contribution in [-0.4, -0.2) is 22.4 Å². The molecule has 172 valence electrons. The maximum Gasteiger partial charge on any atom is 0.170 e. The van der Waals surface area contributed by atoms with E-state index in [0.717, 1.165) is 35.9 Å². The molecule has 1 heterocycles. The maximum atomic E-state index is 14.2. The third-order valence-electron chi connectivity index (χ3n) is 6.06. The average molecular weight is 476 g/mol. The number of carbonyl (C=O) groups is 1. The van der Waals surface area contributed by atoms with Gasteiger partial charge >= 0.3 is 0 Å². The van der Waals surface area contributed by atoms with Crippen molar-refractivity contribution in [2.75, 3.05) is 11.9 Å². The number of pyridine rings is 1. The van der Waals surface area contributed by atoms with Gasteiger partial charge in [-0.2, -0.15) is 0 Å². The van der Waals surface area contributed by atoms with Gasteiger partial charge in [-0.25, -0.2) is 4.39 Å². The van der Waals surface area contributed by atoms with E-state index in [2.05, 4.69) is 10.3 Å². The minimum Gasteiger partial charge on any atom is -0.504 e. The third-order valence-corrected chi connectivity index (χ3v) is 6.35. The Labute approximate surface area is 201 Å². The Balaban J connectivity index is 1.66. The lowest BCUT2D eigenvalue weighted by atomic mass is 9.98. The summed E-state index contributed by atoms with van der Waals surface area (Å²) in [7, 11) is 0. The standard InChI is InChI=1S/C27H23ClFN3O2/c28-22-12-18(13-23(29)27(22)34)17-6-7-24-20(11-17)25(21(14-31-24)26(33)16-4-5-16)32-19-3-1-2-15(10-19)8-9-30/h1-3,6-7,10-14,16,34H,4-5,8-9,30H2,(H,31,32). The number of nitrogens with one attached hydrogen (secondary N) is 1. The highest BCUT2D eigenvalue weighted by Crippen LogP contribution is 2.39. The van der Waals surface area contributed by atoms with Gasteiger partial charge < -0.3 is 16.2 Å². The fraction of sp³-hybridized carbons (Fsp3) is 0.185. The molecular formula is C27H23ClFN3O2. The number of phenolic OH excluding ortho intramolecular Hbond substituents is 1. The van der Waals surface area contributed by atoms with Crippen molar-refractivity contribution in [3.8, 4) is 16.9 Å². The number of ketones is 1. The Morgan fingerprint density at radius 2 is 1.97 bits per heavy atom. The van der Waals surface area contributed by atoms with Crippen LogP contribution in [0.25, 0.3) is 22.0 Å². The van der Waals surface area contributed by atoms with Crippen molar-refractivity contribution in [1.82, 2.24) is 4.98 Å². The number of benzene rings is 3. The van der Waals surface area contributed by atoms with E-state index < -0.39 is 11.6 Å². The van der Waals surface area contributed by atoms with Gasteiger partial charge in [0, 0.05) is 23.2 Å². The first-order chi connectivity index (χ1) is 16.4. The number of Topliss-reactive ketones (excluding diaryl/α,β-unsaturated/α-hetero) is 1. The highest BCUT2D eigenvalue weighted by Gasteiger charge is 2.32. The first-order valence-electron chi connectivity index (χ1n) is 11.2. The zero-order valence-corrected chi connectivity index (χ0v) is 19.1. The molecule has 5 rings (SSSR count). The molecule has 4 N–H and O–H groups in total. The lowest BCUT2D eigenvalue weighted by Gasteiger charge is -2.16. The molecule has 0 atom stereocenters. The number of aromatic nitrogens is 1. The topological polar surface area (TPSA) is 88.2 Å². The number of phenols is 1. The van der Waals surface area contributed by atoms with Crippen molar-refractivity contribution in [3.05, 3.63) is 82.8 Å². The van der Waals surface area contributed by atoms with Crippen LogP contribution in [0.2, 0.25) is 5.02 Å². The molecule has 0 saturated heterocycles. The van der Waals surface area contributed by atoms with Crippen LogP contribution in [0.1, 0.15) is 28.8 Å². The quantitative estimate of drug-likeness (QED) is 0.275. The number of nitrogens with zero attached hydrogens (tertiary/aromatic N) is 1. The lowest BCUT2D eigenvalue weighted by Crippen LogP contribution is -2.08. The lowest BCUT2D eigenvalue weighted by molar-refractivity contribution is 0.0968. The summed E-state index contributed by atoms with van der Waals surface area (Å²) in [5, 5.41) is 13.8. The van der Waals surface area contributed by atoms with E-state index >= 15 is 0 Å². The van der Waals surface area contributed by atoms with Gasteiger partial charge in [-0.05, 0) is 78.9 Å². The first kappa shape index (κ1) is 22.3. The molecule has 0 bridgehead atoms. The number of nitrogens with two attached hydrogens (primary N) is 1. The van der Waals surface area contributed by atoms with Crippen molar-refractivity contribution in [3.63, 3.8) is 0 Å². The molecule has 1 aliphatic carbocycles. The van der Waals surface area contributed by atoms with Crippen molar-refractivity contribution in [2.24, 2.45) is 11.7 Å². The second-order valence-corrected chi connectivity index (χ2v) is 8.98. The van der Waals surface area contributed by atoms with Crippen LogP contribution in [0.4, 0.5) is 15.8 Å². The number of aromatic hydroxyl groups is 1. The van der Waals surface area contributed by atoms with E-state index in [-0.39, 0.29) is 16.7 Å². The monoisotopic (exact) mass is 475 g/mol. The van der Waals surface area contributed by atoms with E-state index in [1.807, 2.05) is 42.5 Å². The number of rotatable bonds is 7. The number of hydrogen-bond acceptors (Lipinski definition) is 5. The molecule has 3 aromatic carbocycles. The number of anilines is 2. The van der Waals surface area contributed by atoms with Crippen molar-refractivity contribution in [1.29, 1.82) is 0 Å². The van der Waals surface area contributed by atoms with E-state index in [1.54, 1.807) is 6.20 Å². The summed E-state index contributed by atoms with van der Waals surface area (Å²) in [5.74, 6) is -1.28. The highest BCUT2D eigenvalue weighted by molar-refractivity contribution is 6.32. The van der Waals surface area contributed by atoms with Gasteiger partial charge in [0.2, 0.25) is 0 Å². The Bertz CT molecular complexity index is 1400. The molecule has 0 aliphatic heterocycles. The molecule has 34 heavy (non-hydrogen) atoms. The highest BCUT2D eigenvalue weighted by atomic mass is 35.5. The summed E-state index contributed by atoms with van der Waals surface area (Å²) in [4.78, 5) is 17.6. The van der Waals surface area contributed by atoms with Gasteiger partial charge in [0.05, 0.1) is 21.8 Å². The molecule has 1 aromatic heterocycles. The van der Waals surface area contributed by atoms with E-state index in [0.29, 0.717) is 34.4 Å². The molecular weight excluding hydrogens is 453 g/mol. The number of carbonyl (C=O) groups excluding carboxylic acids is 1. The fourth-order valence-corrected chi connectivity index (χ4v) is 4.31. The Hall–Kier alpha value is -3.48. The minimum atomic E-state index is -0.798. The fourth-order valence-electron chi connectivity index (χ4n) is 4.11. The van der Waals surface area contributed by atoms with E-state index in [9.17, 15) is 14.3 Å². The third kappa shape index (κ3) is 4.34. The van der Waals surface area contributed by atoms with Crippen molar-refractivity contribution >= 4 is 39.7 Å². The predicted octanol–water partition coefficient (Wildman–Crippen LogP) is 6.24. The molecule has 4 aromatic rings. The summed E-state index contributed by atoms with van der Waals surface area (Å²) in [5.41, 5.74) is 10.7. The summed E-state index contributed by atoms with van der Waals surface area (Å²) < 4.78 is 14.2. The molecule has 7 heteroatoms. The van der Waals surface area contributed by atoms with Gasteiger partial charge in [-0.3, -0.25) is 9.78 Å². The van der Waals surface area contributed by atoms with Gasteiger partial charge in [-0.15, -0.1) is 0 Å². The molecule has 0 unspecified atom stereocenters. The van der Waals surface area contributed by atoms with Crippen LogP contribution in [-0.2, 0) is 6.42 Å². The Morgan fingerprint density at radius 1 is 1.15 bits per heavy atom. The average Bonchev–Trinajstić information content (AvgIpc) is 3.68. The van der Waals surface area contributed by atoms with Gasteiger partial charge in [0.25, 0.3) is 0 Å². The van der Waals surface area contributed by atoms with Gasteiger partial charge in [0.1, 0.15) is 0 Å². The maximum absolute atomic E-state index is 14.2. The number of halogens is 2. The zero-order valence-electron chi connectivity index (χ0n) is 18.3. The second kappa shape index (κ2) is 9.05. The molecule has 0 amide bonds. The van der Waals surface area contributed by atoms with E-state index in [4.69, 9.17) is 17.3 Å². The van der Waals surface area contributed by atoms with E-state index in [1.165, 1.54) is 12.1 Å².